The van der Waals surface area contributed by atoms with E-state index in [2.05, 4.69) is 18.3 Å². The summed E-state index contributed by atoms with van der Waals surface area (Å²) in [6.45, 7) is 4.57. The van der Waals surface area contributed by atoms with Crippen LogP contribution in [-0.2, 0) is 11.3 Å². The molecule has 1 amide bonds. The summed E-state index contributed by atoms with van der Waals surface area (Å²) >= 11 is 0. The van der Waals surface area contributed by atoms with Crippen LogP contribution in [0.1, 0.15) is 49.8 Å². The monoisotopic (exact) mass is 406 g/mol. The molecule has 1 saturated carbocycles. The maximum Gasteiger partial charge on any atom is 0.222 e. The quantitative estimate of drug-likeness (QED) is 0.651. The lowest BCUT2D eigenvalue weighted by Crippen LogP contribution is -2.36. The van der Waals surface area contributed by atoms with Crippen molar-refractivity contribution in [3.63, 3.8) is 0 Å². The minimum absolute atomic E-state index is 0.0915. The number of benzene rings is 1. The van der Waals surface area contributed by atoms with E-state index in [9.17, 15) is 4.79 Å². The molecule has 1 fully saturated rings. The molecule has 2 heterocycles. The number of hydrogen-bond donors (Lipinski definition) is 1. The first-order valence-electron chi connectivity index (χ1n) is 10.8. The molecule has 6 heteroatoms. The fourth-order valence-electron chi connectivity index (χ4n) is 4.45. The SMILES string of the molecule is COc1ccccc1-c1nn(CCC(=O)NC2CCCCC2)c2nc(C)cc(C)c12. The number of carbonyl (C=O) groups is 1. The summed E-state index contributed by atoms with van der Waals surface area (Å²) in [4.78, 5) is 17.3. The number of amides is 1. The Morgan fingerprint density at radius 2 is 1.97 bits per heavy atom. The van der Waals surface area contributed by atoms with Crippen molar-refractivity contribution < 1.29 is 9.53 Å². The number of fused-ring (bicyclic) bond motifs is 1. The molecule has 0 spiro atoms. The van der Waals surface area contributed by atoms with Gasteiger partial charge in [-0.05, 0) is 50.5 Å². The van der Waals surface area contributed by atoms with Gasteiger partial charge in [0.05, 0.1) is 19.0 Å². The van der Waals surface area contributed by atoms with Crippen molar-refractivity contribution in [3.05, 3.63) is 41.6 Å². The van der Waals surface area contributed by atoms with Gasteiger partial charge < -0.3 is 10.1 Å². The smallest absolute Gasteiger partial charge is 0.222 e. The number of rotatable bonds is 6. The average molecular weight is 407 g/mol. The predicted octanol–water partition coefficient (Wildman–Crippen LogP) is 4.56. The number of carbonyl (C=O) groups excluding carboxylic acids is 1. The molecule has 0 radical (unpaired) electrons. The number of para-hydroxylation sites is 1. The lowest BCUT2D eigenvalue weighted by Gasteiger charge is -2.22. The first-order chi connectivity index (χ1) is 14.6. The van der Waals surface area contributed by atoms with Crippen LogP contribution in [0.5, 0.6) is 5.75 Å². The van der Waals surface area contributed by atoms with Gasteiger partial charge in [-0.15, -0.1) is 0 Å². The molecule has 3 aromatic rings. The number of ether oxygens (including phenoxy) is 1. The highest BCUT2D eigenvalue weighted by Gasteiger charge is 2.20. The van der Waals surface area contributed by atoms with Gasteiger partial charge in [-0.2, -0.15) is 5.10 Å². The standard InChI is InChI=1S/C24H30N4O2/c1-16-15-17(2)25-24-22(16)23(19-11-7-8-12-20(19)30-3)27-28(24)14-13-21(29)26-18-9-5-4-6-10-18/h7-8,11-12,15,18H,4-6,9-10,13-14H2,1-3H3,(H,26,29). The fourth-order valence-corrected chi connectivity index (χ4v) is 4.45. The van der Waals surface area contributed by atoms with Crippen LogP contribution in [0.2, 0.25) is 0 Å². The minimum atomic E-state index is 0.0915. The molecule has 30 heavy (non-hydrogen) atoms. The van der Waals surface area contributed by atoms with E-state index in [1.165, 1.54) is 19.3 Å². The normalized spacial score (nSPS) is 14.8. The lowest BCUT2D eigenvalue weighted by atomic mass is 9.95. The zero-order valence-electron chi connectivity index (χ0n) is 18.1. The van der Waals surface area contributed by atoms with E-state index in [-0.39, 0.29) is 5.91 Å². The zero-order valence-corrected chi connectivity index (χ0v) is 18.1. The molecular weight excluding hydrogens is 376 g/mol. The van der Waals surface area contributed by atoms with Crippen LogP contribution in [0.25, 0.3) is 22.3 Å². The summed E-state index contributed by atoms with van der Waals surface area (Å²) in [5, 5.41) is 9.09. The van der Waals surface area contributed by atoms with E-state index in [0.29, 0.717) is 19.0 Å². The Morgan fingerprint density at radius 3 is 2.73 bits per heavy atom. The molecule has 6 nitrogen and oxygen atoms in total. The molecule has 158 valence electrons. The molecule has 0 aliphatic heterocycles. The highest BCUT2D eigenvalue weighted by Crippen LogP contribution is 2.35. The van der Waals surface area contributed by atoms with Crippen LogP contribution in [0.15, 0.2) is 30.3 Å². The van der Waals surface area contributed by atoms with E-state index >= 15 is 0 Å². The van der Waals surface area contributed by atoms with Gasteiger partial charge >= 0.3 is 0 Å². The van der Waals surface area contributed by atoms with Crippen molar-refractivity contribution in [1.82, 2.24) is 20.1 Å². The second kappa shape index (κ2) is 8.86. The Kier molecular flexibility index (Phi) is 6.02. The molecule has 0 unspecified atom stereocenters. The molecule has 2 aromatic heterocycles. The largest absolute Gasteiger partial charge is 0.496 e. The Labute approximate surface area is 177 Å². The molecule has 4 rings (SSSR count). The third-order valence-electron chi connectivity index (χ3n) is 5.91. The van der Waals surface area contributed by atoms with Crippen LogP contribution in [0, 0.1) is 13.8 Å². The van der Waals surface area contributed by atoms with Gasteiger partial charge in [0.2, 0.25) is 5.91 Å². The molecule has 0 saturated heterocycles. The topological polar surface area (TPSA) is 69.0 Å². The van der Waals surface area contributed by atoms with Gasteiger partial charge in [0.15, 0.2) is 5.65 Å². The second-order valence-electron chi connectivity index (χ2n) is 8.20. The summed E-state index contributed by atoms with van der Waals surface area (Å²) in [5.74, 6) is 0.868. The van der Waals surface area contributed by atoms with Gasteiger partial charge in [-0.25, -0.2) is 9.67 Å². The van der Waals surface area contributed by atoms with E-state index in [1.807, 2.05) is 35.9 Å². The molecule has 0 atom stereocenters. The van der Waals surface area contributed by atoms with Crippen LogP contribution >= 0.6 is 0 Å². The number of pyridine rings is 1. The molecule has 0 bridgehead atoms. The average Bonchev–Trinajstić information content (AvgIpc) is 3.11. The number of nitrogens with one attached hydrogen (secondary N) is 1. The second-order valence-corrected chi connectivity index (χ2v) is 8.20. The van der Waals surface area contributed by atoms with Gasteiger partial charge in [0, 0.05) is 23.7 Å². The van der Waals surface area contributed by atoms with Crippen molar-refractivity contribution in [3.8, 4) is 17.0 Å². The molecule has 1 N–H and O–H groups in total. The Balaban J connectivity index is 1.64. The summed E-state index contributed by atoms with van der Waals surface area (Å²) < 4.78 is 7.44. The minimum Gasteiger partial charge on any atom is -0.496 e. The highest BCUT2D eigenvalue weighted by molar-refractivity contribution is 5.95. The van der Waals surface area contributed by atoms with Crippen LogP contribution in [0.3, 0.4) is 0 Å². The van der Waals surface area contributed by atoms with Gasteiger partial charge in [-0.3, -0.25) is 4.79 Å². The first-order valence-corrected chi connectivity index (χ1v) is 10.8. The molecular formula is C24H30N4O2. The van der Waals surface area contributed by atoms with E-state index in [1.54, 1.807) is 7.11 Å². The third kappa shape index (κ3) is 4.18. The van der Waals surface area contributed by atoms with Crippen molar-refractivity contribution in [1.29, 1.82) is 0 Å². The summed E-state index contributed by atoms with van der Waals surface area (Å²) in [6, 6.07) is 10.3. The Bertz CT molecular complexity index is 1050. The zero-order chi connectivity index (χ0) is 21.1. The number of nitrogens with zero attached hydrogens (tertiary/aromatic N) is 3. The number of methoxy groups -OCH3 is 1. The van der Waals surface area contributed by atoms with E-state index in [4.69, 9.17) is 14.8 Å². The third-order valence-corrected chi connectivity index (χ3v) is 5.91. The maximum absolute atomic E-state index is 12.5. The van der Waals surface area contributed by atoms with E-state index < -0.39 is 0 Å². The Hall–Kier alpha value is -2.89. The predicted molar refractivity (Wildman–Crippen MR) is 119 cm³/mol. The van der Waals surface area contributed by atoms with E-state index in [0.717, 1.165) is 52.1 Å². The highest BCUT2D eigenvalue weighted by atomic mass is 16.5. The van der Waals surface area contributed by atoms with Gasteiger partial charge in [-0.1, -0.05) is 31.4 Å². The van der Waals surface area contributed by atoms with Crippen LogP contribution < -0.4 is 10.1 Å². The van der Waals surface area contributed by atoms with Crippen molar-refractivity contribution >= 4 is 16.9 Å². The van der Waals surface area contributed by atoms with Crippen molar-refractivity contribution in [2.75, 3.05) is 7.11 Å². The van der Waals surface area contributed by atoms with Crippen LogP contribution in [0.4, 0.5) is 0 Å². The lowest BCUT2D eigenvalue weighted by molar-refractivity contribution is -0.122. The summed E-state index contributed by atoms with van der Waals surface area (Å²) in [5.41, 5.74) is 4.67. The molecule has 1 aromatic carbocycles. The number of aromatic nitrogens is 3. The fraction of sp³-hybridized carbons (Fsp3) is 0.458. The van der Waals surface area contributed by atoms with Gasteiger partial charge in [0.25, 0.3) is 0 Å². The number of aryl methyl sites for hydroxylation is 3. The van der Waals surface area contributed by atoms with Crippen LogP contribution in [-0.4, -0.2) is 33.8 Å². The summed E-state index contributed by atoms with van der Waals surface area (Å²) in [7, 11) is 1.67. The first kappa shape index (κ1) is 20.4. The van der Waals surface area contributed by atoms with Gasteiger partial charge in [0.1, 0.15) is 11.4 Å². The molecule has 1 aliphatic rings. The van der Waals surface area contributed by atoms with Crippen molar-refractivity contribution in [2.45, 2.75) is 65.0 Å². The Morgan fingerprint density at radius 1 is 1.20 bits per heavy atom. The van der Waals surface area contributed by atoms with Crippen molar-refractivity contribution in [2.24, 2.45) is 0 Å². The maximum atomic E-state index is 12.5. The summed E-state index contributed by atoms with van der Waals surface area (Å²) in [6.07, 6.45) is 6.27. The molecule has 1 aliphatic carbocycles. The number of hydrogen-bond acceptors (Lipinski definition) is 4.